The Hall–Kier alpha value is -1.46. The Kier molecular flexibility index (Phi) is 4.83. The number of hydrogen-bond donors (Lipinski definition) is 1. The van der Waals surface area contributed by atoms with Gasteiger partial charge in [-0.25, -0.2) is 9.97 Å². The zero-order valence-corrected chi connectivity index (χ0v) is 13.3. The van der Waals surface area contributed by atoms with Crippen molar-refractivity contribution in [3.63, 3.8) is 0 Å². The first kappa shape index (κ1) is 14.5. The lowest BCUT2D eigenvalue weighted by atomic mass is 10.1. The molecule has 1 saturated heterocycles. The molecule has 1 atom stereocenters. The van der Waals surface area contributed by atoms with Gasteiger partial charge >= 0.3 is 0 Å². The summed E-state index contributed by atoms with van der Waals surface area (Å²) in [5, 5.41) is 6.89. The minimum Gasteiger partial charge on any atom is -0.370 e. The number of anilines is 1. The maximum Gasteiger partial charge on any atom is 0.125 e. The maximum atomic E-state index is 4.66. The molecule has 1 N–H and O–H groups in total. The van der Waals surface area contributed by atoms with E-state index in [-0.39, 0.29) is 0 Å². The minimum atomic E-state index is 0.705. The Morgan fingerprint density at radius 3 is 3.14 bits per heavy atom. The largest absolute Gasteiger partial charge is 0.370 e. The topological polar surface area (TPSA) is 41.1 Å². The van der Waals surface area contributed by atoms with Crippen molar-refractivity contribution in [1.82, 2.24) is 14.9 Å². The average Bonchev–Trinajstić information content (AvgIpc) is 3.16. The van der Waals surface area contributed by atoms with Crippen LogP contribution in [0.4, 0.5) is 5.82 Å². The molecule has 4 nitrogen and oxygen atoms in total. The van der Waals surface area contributed by atoms with Gasteiger partial charge in [-0.2, -0.15) is 0 Å². The fourth-order valence-electron chi connectivity index (χ4n) is 2.75. The van der Waals surface area contributed by atoms with Crippen LogP contribution in [0.25, 0.3) is 0 Å². The van der Waals surface area contributed by atoms with Gasteiger partial charge in [-0.15, -0.1) is 11.3 Å². The highest BCUT2D eigenvalue weighted by molar-refractivity contribution is 7.09. The van der Waals surface area contributed by atoms with Gasteiger partial charge < -0.3 is 5.32 Å². The molecule has 2 aromatic rings. The third-order valence-electron chi connectivity index (χ3n) is 3.89. The third kappa shape index (κ3) is 4.02. The summed E-state index contributed by atoms with van der Waals surface area (Å²) in [7, 11) is 0. The molecule has 0 spiro atoms. The Bertz CT molecular complexity index is 554. The van der Waals surface area contributed by atoms with Crippen molar-refractivity contribution in [3.05, 3.63) is 40.5 Å². The molecule has 3 heterocycles. The molecule has 1 unspecified atom stereocenters. The Balaban J connectivity index is 1.44. The van der Waals surface area contributed by atoms with Crippen molar-refractivity contribution in [1.29, 1.82) is 0 Å². The van der Waals surface area contributed by atoms with Gasteiger partial charge in [0.2, 0.25) is 0 Å². The molecule has 1 aliphatic heterocycles. The summed E-state index contributed by atoms with van der Waals surface area (Å²) in [6, 6.07) is 5.99. The van der Waals surface area contributed by atoms with E-state index >= 15 is 0 Å². The summed E-state index contributed by atoms with van der Waals surface area (Å²) in [5.74, 6) is 1.68. The molecular weight excluding hydrogens is 280 g/mol. The zero-order valence-electron chi connectivity index (χ0n) is 12.5. The van der Waals surface area contributed by atoms with Crippen LogP contribution in [-0.2, 0) is 13.0 Å². The number of nitrogens with one attached hydrogen (secondary N) is 1. The molecule has 112 valence electrons. The van der Waals surface area contributed by atoms with E-state index < -0.39 is 0 Å². The van der Waals surface area contributed by atoms with Crippen LogP contribution >= 0.6 is 11.3 Å². The standard InChI is InChI=1S/C16H22N4S/c1-2-16-19-14(12-21-16)11-20-8-6-13(10-20)9-18-15-5-3-4-7-17-15/h3-5,7,12-13H,2,6,8-11H2,1H3,(H,17,18). The fraction of sp³-hybridized carbons (Fsp3) is 0.500. The number of likely N-dealkylation sites (tertiary alicyclic amines) is 1. The van der Waals surface area contributed by atoms with Crippen LogP contribution in [-0.4, -0.2) is 34.5 Å². The quantitative estimate of drug-likeness (QED) is 0.890. The molecule has 1 fully saturated rings. The normalized spacial score (nSPS) is 19.0. The SMILES string of the molecule is CCc1nc(CN2CCC(CNc3ccccn3)C2)cs1. The van der Waals surface area contributed by atoms with Gasteiger partial charge in [-0.05, 0) is 37.4 Å². The van der Waals surface area contributed by atoms with E-state index in [2.05, 4.69) is 32.5 Å². The predicted octanol–water partition coefficient (Wildman–Crippen LogP) is 3.03. The molecule has 0 amide bonds. The molecule has 1 aliphatic rings. The average molecular weight is 302 g/mol. The number of aryl methyl sites for hydroxylation is 1. The first-order valence-electron chi connectivity index (χ1n) is 7.64. The van der Waals surface area contributed by atoms with Gasteiger partial charge in [-0.1, -0.05) is 13.0 Å². The van der Waals surface area contributed by atoms with Crippen LogP contribution < -0.4 is 5.32 Å². The highest BCUT2D eigenvalue weighted by Crippen LogP contribution is 2.20. The number of rotatable bonds is 6. The highest BCUT2D eigenvalue weighted by atomic mass is 32.1. The Morgan fingerprint density at radius 1 is 1.43 bits per heavy atom. The van der Waals surface area contributed by atoms with Crippen LogP contribution in [0.3, 0.4) is 0 Å². The molecule has 0 bridgehead atoms. The van der Waals surface area contributed by atoms with Crippen LogP contribution in [0.2, 0.25) is 0 Å². The monoisotopic (exact) mass is 302 g/mol. The maximum absolute atomic E-state index is 4.66. The van der Waals surface area contributed by atoms with Crippen molar-refractivity contribution in [2.45, 2.75) is 26.3 Å². The van der Waals surface area contributed by atoms with Crippen molar-refractivity contribution >= 4 is 17.2 Å². The molecule has 2 aromatic heterocycles. The Morgan fingerprint density at radius 2 is 2.38 bits per heavy atom. The molecule has 0 aliphatic carbocycles. The number of nitrogens with zero attached hydrogens (tertiary/aromatic N) is 3. The second kappa shape index (κ2) is 7.00. The lowest BCUT2D eigenvalue weighted by Crippen LogP contribution is -2.23. The van der Waals surface area contributed by atoms with E-state index in [9.17, 15) is 0 Å². The summed E-state index contributed by atoms with van der Waals surface area (Å²) >= 11 is 1.78. The van der Waals surface area contributed by atoms with E-state index in [1.54, 1.807) is 11.3 Å². The molecule has 3 rings (SSSR count). The Labute approximate surface area is 130 Å². The first-order chi connectivity index (χ1) is 10.3. The minimum absolute atomic E-state index is 0.705. The molecule has 5 heteroatoms. The third-order valence-corrected chi connectivity index (χ3v) is 4.94. The van der Waals surface area contributed by atoms with Gasteiger partial charge in [0.1, 0.15) is 5.82 Å². The summed E-state index contributed by atoms with van der Waals surface area (Å²) in [4.78, 5) is 11.5. The van der Waals surface area contributed by atoms with Gasteiger partial charge in [0.05, 0.1) is 10.7 Å². The smallest absolute Gasteiger partial charge is 0.125 e. The first-order valence-corrected chi connectivity index (χ1v) is 8.52. The van der Waals surface area contributed by atoms with E-state index in [1.165, 1.54) is 23.7 Å². The van der Waals surface area contributed by atoms with Gasteiger partial charge in [0.25, 0.3) is 0 Å². The summed E-state index contributed by atoms with van der Waals surface area (Å²) < 4.78 is 0. The van der Waals surface area contributed by atoms with Crippen molar-refractivity contribution in [2.24, 2.45) is 5.92 Å². The summed E-state index contributed by atoms with van der Waals surface area (Å²) in [5.41, 5.74) is 1.23. The van der Waals surface area contributed by atoms with Gasteiger partial charge in [0.15, 0.2) is 0 Å². The van der Waals surface area contributed by atoms with Crippen LogP contribution in [0.5, 0.6) is 0 Å². The van der Waals surface area contributed by atoms with Crippen LogP contribution in [0, 0.1) is 5.92 Å². The van der Waals surface area contributed by atoms with Gasteiger partial charge in [-0.3, -0.25) is 4.90 Å². The van der Waals surface area contributed by atoms with E-state index in [4.69, 9.17) is 0 Å². The van der Waals surface area contributed by atoms with Crippen molar-refractivity contribution < 1.29 is 0 Å². The highest BCUT2D eigenvalue weighted by Gasteiger charge is 2.22. The molecule has 0 saturated carbocycles. The fourth-order valence-corrected chi connectivity index (χ4v) is 3.49. The molecular formula is C16H22N4S. The number of hydrogen-bond acceptors (Lipinski definition) is 5. The second-order valence-electron chi connectivity index (χ2n) is 5.57. The van der Waals surface area contributed by atoms with E-state index in [0.717, 1.165) is 31.9 Å². The predicted molar refractivity (Wildman–Crippen MR) is 87.6 cm³/mol. The second-order valence-corrected chi connectivity index (χ2v) is 6.51. The van der Waals surface area contributed by atoms with Crippen molar-refractivity contribution in [3.8, 4) is 0 Å². The number of thiazole rings is 1. The lowest BCUT2D eigenvalue weighted by Gasteiger charge is -2.15. The van der Waals surface area contributed by atoms with Gasteiger partial charge in [0, 0.05) is 31.2 Å². The zero-order chi connectivity index (χ0) is 14.5. The van der Waals surface area contributed by atoms with E-state index in [0.29, 0.717) is 5.92 Å². The molecule has 0 radical (unpaired) electrons. The number of pyridine rings is 1. The van der Waals surface area contributed by atoms with Crippen LogP contribution in [0.1, 0.15) is 24.0 Å². The van der Waals surface area contributed by atoms with Crippen LogP contribution in [0.15, 0.2) is 29.8 Å². The number of aromatic nitrogens is 2. The summed E-state index contributed by atoms with van der Waals surface area (Å²) in [6.07, 6.45) is 4.13. The molecule has 21 heavy (non-hydrogen) atoms. The summed E-state index contributed by atoms with van der Waals surface area (Å²) in [6.45, 7) is 6.49. The van der Waals surface area contributed by atoms with E-state index in [1.807, 2.05) is 24.4 Å². The van der Waals surface area contributed by atoms with Crippen molar-refractivity contribution in [2.75, 3.05) is 25.0 Å². The molecule has 0 aromatic carbocycles. The lowest BCUT2D eigenvalue weighted by molar-refractivity contribution is 0.315.